The number of sulfonamides is 1. The van der Waals surface area contributed by atoms with Crippen molar-refractivity contribution in [3.63, 3.8) is 0 Å². The molecule has 1 aromatic carbocycles. The van der Waals surface area contributed by atoms with Crippen molar-refractivity contribution >= 4 is 10.0 Å². The molecule has 0 aliphatic rings. The molecule has 0 heterocycles. The van der Waals surface area contributed by atoms with Crippen LogP contribution < -0.4 is 5.32 Å². The van der Waals surface area contributed by atoms with Crippen molar-refractivity contribution < 1.29 is 17.2 Å². The van der Waals surface area contributed by atoms with E-state index in [9.17, 15) is 17.2 Å². The van der Waals surface area contributed by atoms with Crippen molar-refractivity contribution in [2.45, 2.75) is 38.1 Å². The van der Waals surface area contributed by atoms with Crippen LogP contribution in [-0.4, -0.2) is 39.3 Å². The van der Waals surface area contributed by atoms with Gasteiger partial charge >= 0.3 is 0 Å². The molecule has 120 valence electrons. The Labute approximate surface area is 125 Å². The largest absolute Gasteiger partial charge is 0.313 e. The number of rotatable bonds is 8. The van der Waals surface area contributed by atoms with Crippen LogP contribution in [0.1, 0.15) is 24.5 Å². The third kappa shape index (κ3) is 4.72. The van der Waals surface area contributed by atoms with Crippen molar-refractivity contribution in [1.29, 1.82) is 0 Å². The van der Waals surface area contributed by atoms with E-state index in [1.54, 1.807) is 13.0 Å². The van der Waals surface area contributed by atoms with Gasteiger partial charge in [0.1, 0.15) is 0 Å². The van der Waals surface area contributed by atoms with Gasteiger partial charge in [0, 0.05) is 13.6 Å². The number of alkyl halides is 2. The standard InChI is InChI=1S/C14H22F2N2O2S/c1-4-8-17-9-12-6-5-7-13(11(12)2)21(19,20)18(3)10-14(15)16/h5-7,14,17H,4,8-10H2,1-3H3. The first-order valence-corrected chi connectivity index (χ1v) is 8.28. The topological polar surface area (TPSA) is 49.4 Å². The van der Waals surface area contributed by atoms with Crippen LogP contribution in [0.5, 0.6) is 0 Å². The van der Waals surface area contributed by atoms with E-state index in [1.807, 2.05) is 13.0 Å². The first-order valence-electron chi connectivity index (χ1n) is 6.84. The van der Waals surface area contributed by atoms with Gasteiger partial charge in [0.15, 0.2) is 0 Å². The molecule has 0 unspecified atom stereocenters. The van der Waals surface area contributed by atoms with Gasteiger partial charge in [0.2, 0.25) is 10.0 Å². The number of hydrogen-bond donors (Lipinski definition) is 1. The second-order valence-electron chi connectivity index (χ2n) is 4.89. The van der Waals surface area contributed by atoms with Crippen LogP contribution >= 0.6 is 0 Å². The first-order chi connectivity index (χ1) is 9.80. The van der Waals surface area contributed by atoms with Gasteiger partial charge in [-0.1, -0.05) is 19.1 Å². The fourth-order valence-electron chi connectivity index (χ4n) is 1.99. The molecule has 0 saturated heterocycles. The fourth-order valence-corrected chi connectivity index (χ4v) is 3.40. The summed E-state index contributed by atoms with van der Waals surface area (Å²) in [6.07, 6.45) is -1.71. The third-order valence-electron chi connectivity index (χ3n) is 3.22. The molecule has 21 heavy (non-hydrogen) atoms. The Bertz CT molecular complexity index is 562. The summed E-state index contributed by atoms with van der Waals surface area (Å²) in [6, 6.07) is 4.93. The van der Waals surface area contributed by atoms with Crippen LogP contribution in [0.3, 0.4) is 0 Å². The maximum Gasteiger partial charge on any atom is 0.252 e. The summed E-state index contributed by atoms with van der Waals surface area (Å²) in [5.74, 6) is 0. The molecule has 4 nitrogen and oxygen atoms in total. The van der Waals surface area contributed by atoms with Crippen LogP contribution in [-0.2, 0) is 16.6 Å². The number of halogens is 2. The molecule has 0 aliphatic heterocycles. The fraction of sp³-hybridized carbons (Fsp3) is 0.571. The Morgan fingerprint density at radius 3 is 2.57 bits per heavy atom. The molecule has 0 saturated carbocycles. The number of nitrogens with one attached hydrogen (secondary N) is 1. The lowest BCUT2D eigenvalue weighted by atomic mass is 10.1. The molecule has 0 amide bonds. The molecule has 1 aromatic rings. The lowest BCUT2D eigenvalue weighted by molar-refractivity contribution is 0.126. The summed E-state index contributed by atoms with van der Waals surface area (Å²) in [5.41, 5.74) is 1.46. The van der Waals surface area contributed by atoms with E-state index >= 15 is 0 Å². The normalized spacial score (nSPS) is 12.3. The Hall–Kier alpha value is -1.05. The summed E-state index contributed by atoms with van der Waals surface area (Å²) < 4.78 is 50.2. The highest BCUT2D eigenvalue weighted by Crippen LogP contribution is 2.22. The second-order valence-corrected chi connectivity index (χ2v) is 6.91. The van der Waals surface area contributed by atoms with Gasteiger partial charge in [-0.05, 0) is 37.1 Å². The van der Waals surface area contributed by atoms with Gasteiger partial charge in [-0.25, -0.2) is 17.2 Å². The second kappa shape index (κ2) is 7.82. The highest BCUT2D eigenvalue weighted by molar-refractivity contribution is 7.89. The average Bonchev–Trinajstić information content (AvgIpc) is 2.40. The van der Waals surface area contributed by atoms with E-state index < -0.39 is 23.0 Å². The maximum absolute atomic E-state index is 12.4. The minimum Gasteiger partial charge on any atom is -0.313 e. The molecule has 1 rings (SSSR count). The summed E-state index contributed by atoms with van der Waals surface area (Å²) in [7, 11) is -2.72. The number of benzene rings is 1. The Morgan fingerprint density at radius 2 is 2.00 bits per heavy atom. The lowest BCUT2D eigenvalue weighted by Crippen LogP contribution is -2.32. The van der Waals surface area contributed by atoms with Gasteiger partial charge in [-0.15, -0.1) is 0 Å². The lowest BCUT2D eigenvalue weighted by Gasteiger charge is -2.19. The molecule has 7 heteroatoms. The zero-order chi connectivity index (χ0) is 16.0. The molecule has 0 aliphatic carbocycles. The minimum absolute atomic E-state index is 0.0847. The van der Waals surface area contributed by atoms with Crippen LogP contribution in [0.15, 0.2) is 23.1 Å². The molecule has 1 N–H and O–H groups in total. The van der Waals surface area contributed by atoms with Crippen LogP contribution in [0.4, 0.5) is 8.78 Å². The Morgan fingerprint density at radius 1 is 1.33 bits per heavy atom. The van der Waals surface area contributed by atoms with Gasteiger partial charge in [-0.3, -0.25) is 0 Å². The molecule has 0 spiro atoms. The highest BCUT2D eigenvalue weighted by Gasteiger charge is 2.25. The van der Waals surface area contributed by atoms with Crippen molar-refractivity contribution in [1.82, 2.24) is 9.62 Å². The van der Waals surface area contributed by atoms with Gasteiger partial charge < -0.3 is 5.32 Å². The Balaban J connectivity index is 3.04. The smallest absolute Gasteiger partial charge is 0.252 e. The summed E-state index contributed by atoms with van der Waals surface area (Å²) >= 11 is 0. The number of hydrogen-bond acceptors (Lipinski definition) is 3. The van der Waals surface area contributed by atoms with Gasteiger partial charge in [0.05, 0.1) is 11.4 Å². The zero-order valence-corrected chi connectivity index (χ0v) is 13.4. The highest BCUT2D eigenvalue weighted by atomic mass is 32.2. The molecule has 0 fully saturated rings. The van der Waals surface area contributed by atoms with E-state index in [0.717, 1.165) is 18.5 Å². The minimum atomic E-state index is -3.89. The Kier molecular flexibility index (Phi) is 6.70. The van der Waals surface area contributed by atoms with Crippen molar-refractivity contribution in [3.05, 3.63) is 29.3 Å². The molecular weight excluding hydrogens is 298 g/mol. The molecule has 0 bridgehead atoms. The predicted molar refractivity (Wildman–Crippen MR) is 79.0 cm³/mol. The monoisotopic (exact) mass is 320 g/mol. The first kappa shape index (κ1) is 18.0. The SMILES string of the molecule is CCCNCc1cccc(S(=O)(=O)N(C)CC(F)F)c1C. The predicted octanol–water partition coefficient (Wildman–Crippen LogP) is 2.38. The molecule has 0 atom stereocenters. The molecular formula is C14H22F2N2O2S. The summed E-state index contributed by atoms with van der Waals surface area (Å²) in [5, 5.41) is 3.20. The van der Waals surface area contributed by atoms with E-state index in [-0.39, 0.29) is 4.90 Å². The quantitative estimate of drug-likeness (QED) is 0.748. The van der Waals surface area contributed by atoms with E-state index in [0.29, 0.717) is 16.4 Å². The van der Waals surface area contributed by atoms with E-state index in [4.69, 9.17) is 0 Å². The van der Waals surface area contributed by atoms with Crippen LogP contribution in [0.2, 0.25) is 0 Å². The van der Waals surface area contributed by atoms with Crippen LogP contribution in [0, 0.1) is 6.92 Å². The summed E-state index contributed by atoms with van der Waals surface area (Å²) in [6.45, 7) is 4.33. The van der Waals surface area contributed by atoms with E-state index in [2.05, 4.69) is 5.32 Å². The zero-order valence-electron chi connectivity index (χ0n) is 12.6. The average molecular weight is 320 g/mol. The van der Waals surface area contributed by atoms with Gasteiger partial charge in [0.25, 0.3) is 6.43 Å². The maximum atomic E-state index is 12.4. The van der Waals surface area contributed by atoms with Crippen molar-refractivity contribution in [3.8, 4) is 0 Å². The van der Waals surface area contributed by atoms with Crippen molar-refractivity contribution in [2.75, 3.05) is 20.1 Å². The molecule has 0 aromatic heterocycles. The number of nitrogens with zero attached hydrogens (tertiary/aromatic N) is 1. The van der Waals surface area contributed by atoms with Crippen LogP contribution in [0.25, 0.3) is 0 Å². The van der Waals surface area contributed by atoms with E-state index in [1.165, 1.54) is 13.1 Å². The van der Waals surface area contributed by atoms with Crippen molar-refractivity contribution in [2.24, 2.45) is 0 Å². The third-order valence-corrected chi connectivity index (χ3v) is 5.19. The molecule has 0 radical (unpaired) electrons. The summed E-state index contributed by atoms with van der Waals surface area (Å²) in [4.78, 5) is 0.0847. The van der Waals surface area contributed by atoms with Gasteiger partial charge in [-0.2, -0.15) is 4.31 Å².